The summed E-state index contributed by atoms with van der Waals surface area (Å²) in [5.41, 5.74) is -0.132. The number of carbonyl (C=O) groups is 2. The first kappa shape index (κ1) is 14.3. The molecule has 0 radical (unpaired) electrons. The SMILES string of the molecule is O=C(CCn1ccccc1=O)NC1CCC(C(=O)O)C1. The predicted octanol–water partition coefficient (Wildman–Crippen LogP) is 0.608. The Labute approximate surface area is 116 Å². The molecule has 2 unspecified atom stereocenters. The highest BCUT2D eigenvalue weighted by atomic mass is 16.4. The number of carbonyl (C=O) groups excluding carboxylic acids is 1. The monoisotopic (exact) mass is 278 g/mol. The molecule has 1 aromatic rings. The van der Waals surface area contributed by atoms with Gasteiger partial charge in [-0.05, 0) is 25.3 Å². The smallest absolute Gasteiger partial charge is 0.306 e. The fourth-order valence-electron chi connectivity index (χ4n) is 2.50. The molecule has 6 nitrogen and oxygen atoms in total. The maximum absolute atomic E-state index is 11.8. The van der Waals surface area contributed by atoms with Crippen LogP contribution in [0, 0.1) is 5.92 Å². The van der Waals surface area contributed by atoms with E-state index in [1.807, 2.05) is 0 Å². The Morgan fingerprint density at radius 2 is 2.15 bits per heavy atom. The summed E-state index contributed by atoms with van der Waals surface area (Å²) in [6, 6.07) is 4.79. The van der Waals surface area contributed by atoms with Gasteiger partial charge in [0.05, 0.1) is 5.92 Å². The van der Waals surface area contributed by atoms with Gasteiger partial charge in [-0.2, -0.15) is 0 Å². The summed E-state index contributed by atoms with van der Waals surface area (Å²) in [7, 11) is 0. The predicted molar refractivity (Wildman–Crippen MR) is 72.2 cm³/mol. The Hall–Kier alpha value is -2.11. The molecule has 0 spiro atoms. The first-order valence-electron chi connectivity index (χ1n) is 6.74. The number of rotatable bonds is 5. The number of nitrogens with zero attached hydrogens (tertiary/aromatic N) is 1. The molecular weight excluding hydrogens is 260 g/mol. The second-order valence-electron chi connectivity index (χ2n) is 5.09. The maximum Gasteiger partial charge on any atom is 0.306 e. The largest absolute Gasteiger partial charge is 0.481 e. The third-order valence-corrected chi connectivity index (χ3v) is 3.63. The van der Waals surface area contributed by atoms with E-state index in [1.54, 1.807) is 18.3 Å². The highest BCUT2D eigenvalue weighted by molar-refractivity contribution is 5.76. The number of carboxylic acid groups (broad SMARTS) is 1. The van der Waals surface area contributed by atoms with Crippen LogP contribution in [-0.4, -0.2) is 27.6 Å². The van der Waals surface area contributed by atoms with Crippen molar-refractivity contribution in [3.8, 4) is 0 Å². The van der Waals surface area contributed by atoms with Crippen LogP contribution in [0.2, 0.25) is 0 Å². The number of pyridine rings is 1. The molecule has 20 heavy (non-hydrogen) atoms. The summed E-state index contributed by atoms with van der Waals surface area (Å²) in [5.74, 6) is -1.29. The summed E-state index contributed by atoms with van der Waals surface area (Å²) in [6.07, 6.45) is 3.67. The molecule has 0 saturated heterocycles. The molecule has 1 amide bonds. The van der Waals surface area contributed by atoms with Gasteiger partial charge < -0.3 is 15.0 Å². The van der Waals surface area contributed by atoms with Gasteiger partial charge in [-0.25, -0.2) is 0 Å². The molecule has 1 aliphatic carbocycles. The van der Waals surface area contributed by atoms with Crippen molar-refractivity contribution in [1.29, 1.82) is 0 Å². The van der Waals surface area contributed by atoms with E-state index < -0.39 is 5.97 Å². The molecule has 1 saturated carbocycles. The minimum absolute atomic E-state index is 0.0592. The topological polar surface area (TPSA) is 88.4 Å². The normalized spacial score (nSPS) is 21.6. The fourth-order valence-corrected chi connectivity index (χ4v) is 2.50. The summed E-state index contributed by atoms with van der Waals surface area (Å²) < 4.78 is 1.48. The van der Waals surface area contributed by atoms with E-state index in [2.05, 4.69) is 5.32 Å². The Balaban J connectivity index is 1.78. The van der Waals surface area contributed by atoms with Crippen LogP contribution in [0.25, 0.3) is 0 Å². The van der Waals surface area contributed by atoms with Crippen molar-refractivity contribution in [3.05, 3.63) is 34.7 Å². The van der Waals surface area contributed by atoms with Gasteiger partial charge in [0.2, 0.25) is 5.91 Å². The molecule has 0 aliphatic heterocycles. The van der Waals surface area contributed by atoms with Crippen molar-refractivity contribution in [2.24, 2.45) is 5.92 Å². The quantitative estimate of drug-likeness (QED) is 0.826. The zero-order chi connectivity index (χ0) is 14.5. The number of carboxylic acids is 1. The number of aliphatic carboxylic acids is 1. The van der Waals surface area contributed by atoms with Gasteiger partial charge in [0.1, 0.15) is 0 Å². The Morgan fingerprint density at radius 3 is 2.80 bits per heavy atom. The van der Waals surface area contributed by atoms with E-state index in [9.17, 15) is 14.4 Å². The summed E-state index contributed by atoms with van der Waals surface area (Å²) in [6.45, 7) is 0.334. The molecular formula is C14H18N2O4. The third kappa shape index (κ3) is 3.69. The zero-order valence-electron chi connectivity index (χ0n) is 11.1. The number of hydrogen-bond acceptors (Lipinski definition) is 3. The molecule has 2 N–H and O–H groups in total. The van der Waals surface area contributed by atoms with E-state index >= 15 is 0 Å². The number of aromatic nitrogens is 1. The molecule has 108 valence electrons. The average molecular weight is 278 g/mol. The third-order valence-electron chi connectivity index (χ3n) is 3.63. The van der Waals surface area contributed by atoms with Crippen molar-refractivity contribution >= 4 is 11.9 Å². The lowest BCUT2D eigenvalue weighted by Gasteiger charge is -2.12. The first-order chi connectivity index (χ1) is 9.56. The summed E-state index contributed by atoms with van der Waals surface area (Å²) in [4.78, 5) is 34.1. The van der Waals surface area contributed by atoms with E-state index in [-0.39, 0.29) is 29.8 Å². The lowest BCUT2D eigenvalue weighted by atomic mass is 10.1. The standard InChI is InChI=1S/C14H18N2O4/c17-12(6-8-16-7-2-1-3-13(16)18)15-11-5-4-10(9-11)14(19)20/h1-3,7,10-11H,4-6,8-9H2,(H,15,17)(H,19,20). The minimum Gasteiger partial charge on any atom is -0.481 e. The Kier molecular flexibility index (Phi) is 4.55. The van der Waals surface area contributed by atoms with Crippen LogP contribution in [0.15, 0.2) is 29.2 Å². The Bertz CT molecular complexity index is 552. The number of aryl methyl sites for hydroxylation is 1. The number of hydrogen-bond donors (Lipinski definition) is 2. The van der Waals surface area contributed by atoms with Crippen LogP contribution in [0.1, 0.15) is 25.7 Å². The van der Waals surface area contributed by atoms with Gasteiger partial charge >= 0.3 is 5.97 Å². The lowest BCUT2D eigenvalue weighted by Crippen LogP contribution is -2.34. The van der Waals surface area contributed by atoms with Gasteiger partial charge in [-0.3, -0.25) is 14.4 Å². The van der Waals surface area contributed by atoms with Crippen molar-refractivity contribution in [2.75, 3.05) is 0 Å². The van der Waals surface area contributed by atoms with Crippen molar-refractivity contribution < 1.29 is 14.7 Å². The van der Waals surface area contributed by atoms with Gasteiger partial charge in [-0.1, -0.05) is 6.07 Å². The molecule has 2 atom stereocenters. The van der Waals surface area contributed by atoms with Crippen LogP contribution in [-0.2, 0) is 16.1 Å². The van der Waals surface area contributed by atoms with E-state index in [4.69, 9.17) is 5.11 Å². The minimum atomic E-state index is -0.794. The molecule has 1 aromatic heterocycles. The number of nitrogens with one attached hydrogen (secondary N) is 1. The van der Waals surface area contributed by atoms with Crippen LogP contribution in [0.4, 0.5) is 0 Å². The van der Waals surface area contributed by atoms with Gasteiger partial charge in [-0.15, -0.1) is 0 Å². The second-order valence-corrected chi connectivity index (χ2v) is 5.09. The fraction of sp³-hybridized carbons (Fsp3) is 0.500. The first-order valence-corrected chi connectivity index (χ1v) is 6.74. The van der Waals surface area contributed by atoms with Gasteiger partial charge in [0.15, 0.2) is 0 Å². The zero-order valence-corrected chi connectivity index (χ0v) is 11.1. The van der Waals surface area contributed by atoms with E-state index in [0.717, 1.165) is 0 Å². The average Bonchev–Trinajstić information content (AvgIpc) is 2.86. The summed E-state index contributed by atoms with van der Waals surface area (Å²) >= 11 is 0. The molecule has 1 heterocycles. The van der Waals surface area contributed by atoms with Gasteiger partial charge in [0, 0.05) is 31.3 Å². The highest BCUT2D eigenvalue weighted by Gasteiger charge is 2.30. The molecule has 0 aromatic carbocycles. The van der Waals surface area contributed by atoms with Crippen molar-refractivity contribution in [3.63, 3.8) is 0 Å². The van der Waals surface area contributed by atoms with Crippen LogP contribution in [0.5, 0.6) is 0 Å². The van der Waals surface area contributed by atoms with Gasteiger partial charge in [0.25, 0.3) is 5.56 Å². The molecule has 1 aliphatic rings. The highest BCUT2D eigenvalue weighted by Crippen LogP contribution is 2.25. The maximum atomic E-state index is 11.8. The Morgan fingerprint density at radius 1 is 1.35 bits per heavy atom. The molecule has 1 fully saturated rings. The molecule has 0 bridgehead atoms. The summed E-state index contributed by atoms with van der Waals surface area (Å²) in [5, 5.41) is 11.7. The molecule has 6 heteroatoms. The van der Waals surface area contributed by atoms with E-state index in [1.165, 1.54) is 10.6 Å². The van der Waals surface area contributed by atoms with Crippen molar-refractivity contribution in [1.82, 2.24) is 9.88 Å². The van der Waals surface area contributed by atoms with Crippen LogP contribution in [0.3, 0.4) is 0 Å². The van der Waals surface area contributed by atoms with Crippen molar-refractivity contribution in [2.45, 2.75) is 38.3 Å². The van der Waals surface area contributed by atoms with Crippen LogP contribution >= 0.6 is 0 Å². The van der Waals surface area contributed by atoms with E-state index in [0.29, 0.717) is 25.8 Å². The molecule has 2 rings (SSSR count). The number of amides is 1. The second kappa shape index (κ2) is 6.36. The van der Waals surface area contributed by atoms with Crippen LogP contribution < -0.4 is 10.9 Å². The lowest BCUT2D eigenvalue weighted by molar-refractivity contribution is -0.141.